The van der Waals surface area contributed by atoms with Gasteiger partial charge in [-0.2, -0.15) is 0 Å². The summed E-state index contributed by atoms with van der Waals surface area (Å²) >= 11 is 11.9. The van der Waals surface area contributed by atoms with Crippen molar-refractivity contribution in [3.63, 3.8) is 0 Å². The van der Waals surface area contributed by atoms with Crippen LogP contribution in [0.4, 0.5) is 15.8 Å². The molecule has 1 aliphatic rings. The van der Waals surface area contributed by atoms with Crippen LogP contribution in [-0.2, 0) is 4.79 Å². The molecule has 0 bridgehead atoms. The topological polar surface area (TPSA) is 35.6 Å². The summed E-state index contributed by atoms with van der Waals surface area (Å²) in [4.78, 5) is 16.4. The van der Waals surface area contributed by atoms with Crippen LogP contribution in [-0.4, -0.2) is 43.5 Å². The summed E-state index contributed by atoms with van der Waals surface area (Å²) in [6.45, 7) is 3.37. The van der Waals surface area contributed by atoms with Gasteiger partial charge in [-0.3, -0.25) is 4.79 Å². The molecule has 1 amide bonds. The van der Waals surface area contributed by atoms with E-state index in [1.807, 2.05) is 11.0 Å². The first-order valence-corrected chi connectivity index (χ1v) is 9.26. The number of amides is 1. The Morgan fingerprint density at radius 2 is 1.69 bits per heavy atom. The third kappa shape index (κ3) is 4.80. The largest absolute Gasteiger partial charge is 0.384 e. The lowest BCUT2D eigenvalue weighted by Crippen LogP contribution is -2.49. The van der Waals surface area contributed by atoms with Crippen LogP contribution in [0.5, 0.6) is 0 Å². The molecule has 138 valence electrons. The number of nitrogens with zero attached hydrogens (tertiary/aromatic N) is 2. The smallest absolute Gasteiger partial charge is 0.224 e. The standard InChI is InChI=1S/C19H20Cl2FN3O/c20-17-6-3-15(13-18(17)21)23-8-7-19(26)25-11-9-24(10-12-25)16-4-1-14(22)2-5-16/h1-6,13,23H,7-12H2. The number of hydrogen-bond donors (Lipinski definition) is 1. The van der Waals surface area contributed by atoms with Gasteiger partial charge in [0.25, 0.3) is 0 Å². The Kier molecular flexibility index (Phi) is 6.22. The number of carbonyl (C=O) groups is 1. The highest BCUT2D eigenvalue weighted by Crippen LogP contribution is 2.25. The summed E-state index contributed by atoms with van der Waals surface area (Å²) in [7, 11) is 0. The van der Waals surface area contributed by atoms with Crippen LogP contribution in [0.1, 0.15) is 6.42 Å². The van der Waals surface area contributed by atoms with E-state index in [-0.39, 0.29) is 11.7 Å². The van der Waals surface area contributed by atoms with E-state index >= 15 is 0 Å². The molecule has 26 heavy (non-hydrogen) atoms. The Balaban J connectivity index is 1.43. The Labute approximate surface area is 162 Å². The molecule has 7 heteroatoms. The number of carbonyl (C=O) groups excluding carboxylic acids is 1. The Bertz CT molecular complexity index is 762. The molecule has 0 spiro atoms. The van der Waals surface area contributed by atoms with Gasteiger partial charge in [-0.05, 0) is 42.5 Å². The van der Waals surface area contributed by atoms with Crippen LogP contribution in [0, 0.1) is 5.82 Å². The van der Waals surface area contributed by atoms with Gasteiger partial charge in [0.05, 0.1) is 10.0 Å². The van der Waals surface area contributed by atoms with Crippen LogP contribution in [0.15, 0.2) is 42.5 Å². The Morgan fingerprint density at radius 3 is 2.35 bits per heavy atom. The maximum atomic E-state index is 13.0. The summed E-state index contributed by atoms with van der Waals surface area (Å²) in [6.07, 6.45) is 0.413. The number of nitrogens with one attached hydrogen (secondary N) is 1. The maximum absolute atomic E-state index is 13.0. The van der Waals surface area contributed by atoms with Gasteiger partial charge in [-0.25, -0.2) is 4.39 Å². The van der Waals surface area contributed by atoms with Gasteiger partial charge in [0.15, 0.2) is 0 Å². The van der Waals surface area contributed by atoms with Gasteiger partial charge in [0, 0.05) is 50.5 Å². The van der Waals surface area contributed by atoms with Crippen molar-refractivity contribution in [1.29, 1.82) is 0 Å². The van der Waals surface area contributed by atoms with Crippen LogP contribution >= 0.6 is 23.2 Å². The highest BCUT2D eigenvalue weighted by molar-refractivity contribution is 6.42. The molecule has 0 atom stereocenters. The van der Waals surface area contributed by atoms with Crippen molar-refractivity contribution in [3.05, 3.63) is 58.3 Å². The minimum absolute atomic E-state index is 0.122. The van der Waals surface area contributed by atoms with Crippen LogP contribution in [0.2, 0.25) is 10.0 Å². The number of rotatable bonds is 5. The van der Waals surface area contributed by atoms with E-state index in [1.165, 1.54) is 12.1 Å². The quantitative estimate of drug-likeness (QED) is 0.820. The van der Waals surface area contributed by atoms with Gasteiger partial charge in [-0.15, -0.1) is 0 Å². The zero-order valence-electron chi connectivity index (χ0n) is 14.2. The third-order valence-corrected chi connectivity index (χ3v) is 5.15. The molecular weight excluding hydrogens is 376 g/mol. The second kappa shape index (κ2) is 8.60. The van der Waals surface area contributed by atoms with Crippen LogP contribution < -0.4 is 10.2 Å². The molecule has 1 saturated heterocycles. The van der Waals surface area contributed by atoms with Gasteiger partial charge in [-0.1, -0.05) is 23.2 Å². The summed E-state index contributed by atoms with van der Waals surface area (Å²) < 4.78 is 13.0. The normalized spacial score (nSPS) is 14.4. The Hall–Kier alpha value is -1.98. The minimum atomic E-state index is -0.239. The second-order valence-corrected chi connectivity index (χ2v) is 6.96. The molecule has 3 rings (SSSR count). The van der Waals surface area contributed by atoms with Crippen LogP contribution in [0.25, 0.3) is 0 Å². The first-order chi connectivity index (χ1) is 12.5. The second-order valence-electron chi connectivity index (χ2n) is 6.15. The number of halogens is 3. The van der Waals surface area contributed by atoms with E-state index in [0.29, 0.717) is 36.1 Å². The van der Waals surface area contributed by atoms with Crippen molar-refractivity contribution in [3.8, 4) is 0 Å². The minimum Gasteiger partial charge on any atom is -0.384 e. The van der Waals surface area contributed by atoms with Gasteiger partial charge in [0.2, 0.25) is 5.91 Å². The molecule has 0 aromatic heterocycles. The number of hydrogen-bond acceptors (Lipinski definition) is 3. The first kappa shape index (κ1) is 18.8. The van der Waals surface area contributed by atoms with Crippen molar-refractivity contribution < 1.29 is 9.18 Å². The van der Waals surface area contributed by atoms with Crippen molar-refractivity contribution in [2.75, 3.05) is 42.9 Å². The summed E-state index contributed by atoms with van der Waals surface area (Å²) in [5.41, 5.74) is 1.83. The number of piperazine rings is 1. The van der Waals surface area contributed by atoms with E-state index in [4.69, 9.17) is 23.2 Å². The molecule has 0 aliphatic carbocycles. The number of benzene rings is 2. The van der Waals surface area contributed by atoms with E-state index in [2.05, 4.69) is 10.2 Å². The summed E-state index contributed by atoms with van der Waals surface area (Å²) in [5.74, 6) is -0.117. The molecule has 1 fully saturated rings. The molecule has 4 nitrogen and oxygen atoms in total. The van der Waals surface area contributed by atoms with Gasteiger partial charge in [0.1, 0.15) is 5.82 Å². The fourth-order valence-corrected chi connectivity index (χ4v) is 3.24. The zero-order chi connectivity index (χ0) is 18.5. The first-order valence-electron chi connectivity index (χ1n) is 8.50. The van der Waals surface area contributed by atoms with Crippen molar-refractivity contribution in [2.24, 2.45) is 0 Å². The molecule has 0 unspecified atom stereocenters. The fourth-order valence-electron chi connectivity index (χ4n) is 2.94. The SMILES string of the molecule is O=C(CCNc1ccc(Cl)c(Cl)c1)N1CCN(c2ccc(F)cc2)CC1. The Morgan fingerprint density at radius 1 is 1.00 bits per heavy atom. The molecule has 1 N–H and O–H groups in total. The molecule has 0 saturated carbocycles. The maximum Gasteiger partial charge on any atom is 0.224 e. The molecule has 1 heterocycles. The average molecular weight is 396 g/mol. The molecule has 2 aromatic rings. The lowest BCUT2D eigenvalue weighted by atomic mass is 10.2. The monoisotopic (exact) mass is 395 g/mol. The molecular formula is C19H20Cl2FN3O. The predicted molar refractivity (Wildman–Crippen MR) is 105 cm³/mol. The van der Waals surface area contributed by atoms with Crippen molar-refractivity contribution >= 4 is 40.5 Å². The predicted octanol–water partition coefficient (Wildman–Crippen LogP) is 4.28. The average Bonchev–Trinajstić information content (AvgIpc) is 2.65. The van der Waals surface area contributed by atoms with Gasteiger partial charge < -0.3 is 15.1 Å². The fraction of sp³-hybridized carbons (Fsp3) is 0.316. The van der Waals surface area contributed by atoms with Crippen molar-refractivity contribution in [2.45, 2.75) is 6.42 Å². The molecule has 0 radical (unpaired) electrons. The number of anilines is 2. The molecule has 1 aliphatic heterocycles. The summed E-state index contributed by atoms with van der Waals surface area (Å²) in [5, 5.41) is 4.18. The van der Waals surface area contributed by atoms with E-state index in [0.717, 1.165) is 24.5 Å². The highest BCUT2D eigenvalue weighted by atomic mass is 35.5. The molecule has 2 aromatic carbocycles. The van der Waals surface area contributed by atoms with E-state index < -0.39 is 0 Å². The van der Waals surface area contributed by atoms with Gasteiger partial charge >= 0.3 is 0 Å². The van der Waals surface area contributed by atoms with Crippen LogP contribution in [0.3, 0.4) is 0 Å². The summed E-state index contributed by atoms with van der Waals surface area (Å²) in [6, 6.07) is 11.8. The zero-order valence-corrected chi connectivity index (χ0v) is 15.7. The van der Waals surface area contributed by atoms with E-state index in [1.54, 1.807) is 24.3 Å². The van der Waals surface area contributed by atoms with Crippen molar-refractivity contribution in [1.82, 2.24) is 4.90 Å². The lowest BCUT2D eigenvalue weighted by molar-refractivity contribution is -0.131. The highest BCUT2D eigenvalue weighted by Gasteiger charge is 2.20. The third-order valence-electron chi connectivity index (χ3n) is 4.41. The lowest BCUT2D eigenvalue weighted by Gasteiger charge is -2.36. The van der Waals surface area contributed by atoms with E-state index in [9.17, 15) is 9.18 Å².